The summed E-state index contributed by atoms with van der Waals surface area (Å²) in [6.07, 6.45) is 4.82. The molecule has 2 aromatic rings. The lowest BCUT2D eigenvalue weighted by Crippen LogP contribution is -2.56. The highest BCUT2D eigenvalue weighted by Crippen LogP contribution is 2.36. The Kier molecular flexibility index (Phi) is 7.16. The molecule has 0 spiro atoms. The van der Waals surface area contributed by atoms with Crippen LogP contribution < -0.4 is 10.1 Å². The third-order valence-electron chi connectivity index (χ3n) is 6.42. The van der Waals surface area contributed by atoms with Gasteiger partial charge in [0.15, 0.2) is 0 Å². The van der Waals surface area contributed by atoms with Crippen LogP contribution in [0.15, 0.2) is 48.5 Å². The standard InChI is InChI=1S/C25H29N3O2S/c26-17-21-6-1-2-7-22(21)18-30-23-9-5-8-20(16-23)24(29)27-19-25(10-3-4-11-25)28-12-14-31-15-13-28/h1-2,5-9,16H,3-4,10-15,18-19H2,(H,27,29). The monoisotopic (exact) mass is 435 g/mol. The van der Waals surface area contributed by atoms with Gasteiger partial charge in [0.1, 0.15) is 12.4 Å². The van der Waals surface area contributed by atoms with Crippen LogP contribution >= 0.6 is 11.8 Å². The van der Waals surface area contributed by atoms with Crippen LogP contribution in [0, 0.1) is 11.3 Å². The molecule has 1 N–H and O–H groups in total. The van der Waals surface area contributed by atoms with Gasteiger partial charge in [-0.25, -0.2) is 0 Å². The number of carbonyl (C=O) groups excluding carboxylic acids is 1. The zero-order valence-corrected chi connectivity index (χ0v) is 18.6. The lowest BCUT2D eigenvalue weighted by molar-refractivity contribution is 0.0817. The van der Waals surface area contributed by atoms with E-state index in [2.05, 4.69) is 16.3 Å². The minimum absolute atomic E-state index is 0.0551. The zero-order valence-electron chi connectivity index (χ0n) is 17.8. The summed E-state index contributed by atoms with van der Waals surface area (Å²) in [5, 5.41) is 12.4. The van der Waals surface area contributed by atoms with E-state index in [-0.39, 0.29) is 11.4 Å². The molecule has 1 aliphatic heterocycles. The van der Waals surface area contributed by atoms with Gasteiger partial charge >= 0.3 is 0 Å². The molecule has 31 heavy (non-hydrogen) atoms. The quantitative estimate of drug-likeness (QED) is 0.705. The van der Waals surface area contributed by atoms with Gasteiger partial charge in [-0.2, -0.15) is 17.0 Å². The maximum absolute atomic E-state index is 12.9. The highest BCUT2D eigenvalue weighted by Gasteiger charge is 2.40. The maximum atomic E-state index is 12.9. The summed E-state index contributed by atoms with van der Waals surface area (Å²) in [6.45, 7) is 3.24. The van der Waals surface area contributed by atoms with Crippen LogP contribution in [0.4, 0.5) is 0 Å². The second kappa shape index (κ2) is 10.2. The lowest BCUT2D eigenvalue weighted by atomic mass is 9.94. The Morgan fingerprint density at radius 1 is 1.13 bits per heavy atom. The second-order valence-electron chi connectivity index (χ2n) is 8.30. The smallest absolute Gasteiger partial charge is 0.251 e. The molecule has 1 aliphatic carbocycles. The van der Waals surface area contributed by atoms with Gasteiger partial charge in [-0.05, 0) is 37.1 Å². The Bertz CT molecular complexity index is 944. The van der Waals surface area contributed by atoms with E-state index in [4.69, 9.17) is 4.74 Å². The number of benzene rings is 2. The SMILES string of the molecule is N#Cc1ccccc1COc1cccc(C(=O)NCC2(N3CCSCC3)CCCC2)c1. The molecule has 1 saturated carbocycles. The molecule has 6 heteroatoms. The number of rotatable bonds is 7. The van der Waals surface area contributed by atoms with Crippen LogP contribution in [0.5, 0.6) is 5.75 Å². The number of amides is 1. The molecule has 2 aromatic carbocycles. The molecule has 1 saturated heterocycles. The number of hydrogen-bond donors (Lipinski definition) is 1. The van der Waals surface area contributed by atoms with E-state index < -0.39 is 0 Å². The first-order valence-corrected chi connectivity index (χ1v) is 12.2. The highest BCUT2D eigenvalue weighted by molar-refractivity contribution is 7.99. The van der Waals surface area contributed by atoms with Crippen LogP contribution in [0.2, 0.25) is 0 Å². The van der Waals surface area contributed by atoms with Crippen molar-refractivity contribution in [3.63, 3.8) is 0 Å². The molecule has 5 nitrogen and oxygen atoms in total. The van der Waals surface area contributed by atoms with E-state index in [1.807, 2.05) is 48.2 Å². The highest BCUT2D eigenvalue weighted by atomic mass is 32.2. The molecule has 1 amide bonds. The predicted molar refractivity (Wildman–Crippen MR) is 124 cm³/mol. The van der Waals surface area contributed by atoms with Crippen molar-refractivity contribution in [2.45, 2.75) is 37.8 Å². The number of nitriles is 1. The van der Waals surface area contributed by atoms with Crippen molar-refractivity contribution >= 4 is 17.7 Å². The Hall–Kier alpha value is -2.49. The minimum atomic E-state index is -0.0551. The second-order valence-corrected chi connectivity index (χ2v) is 9.52. The van der Waals surface area contributed by atoms with Crippen LogP contribution in [0.3, 0.4) is 0 Å². The molecule has 0 unspecified atom stereocenters. The van der Waals surface area contributed by atoms with Crippen molar-refractivity contribution in [3.8, 4) is 11.8 Å². The molecule has 0 bridgehead atoms. The normalized spacial score (nSPS) is 18.3. The number of carbonyl (C=O) groups is 1. The van der Waals surface area contributed by atoms with Crippen molar-refractivity contribution in [3.05, 3.63) is 65.2 Å². The number of nitrogens with one attached hydrogen (secondary N) is 1. The third-order valence-corrected chi connectivity index (χ3v) is 7.37. The van der Waals surface area contributed by atoms with E-state index in [9.17, 15) is 10.1 Å². The van der Waals surface area contributed by atoms with Crippen LogP contribution in [-0.2, 0) is 6.61 Å². The van der Waals surface area contributed by atoms with E-state index >= 15 is 0 Å². The summed E-state index contributed by atoms with van der Waals surface area (Å²) in [7, 11) is 0. The Labute approximate surface area is 188 Å². The van der Waals surface area contributed by atoms with E-state index in [1.165, 1.54) is 37.2 Å². The van der Waals surface area contributed by atoms with Gasteiger partial charge in [-0.3, -0.25) is 9.69 Å². The minimum Gasteiger partial charge on any atom is -0.489 e. The first-order chi connectivity index (χ1) is 15.2. The van der Waals surface area contributed by atoms with Crippen molar-refractivity contribution < 1.29 is 9.53 Å². The summed E-state index contributed by atoms with van der Waals surface area (Å²) in [5.41, 5.74) is 2.16. The Balaban J connectivity index is 1.38. The molecule has 162 valence electrons. The Morgan fingerprint density at radius 2 is 1.90 bits per heavy atom. The van der Waals surface area contributed by atoms with E-state index in [1.54, 1.807) is 12.1 Å². The fourth-order valence-electron chi connectivity index (χ4n) is 4.67. The van der Waals surface area contributed by atoms with Crippen LogP contribution in [0.25, 0.3) is 0 Å². The average molecular weight is 436 g/mol. The van der Waals surface area contributed by atoms with Crippen molar-refractivity contribution in [2.75, 3.05) is 31.1 Å². The lowest BCUT2D eigenvalue weighted by Gasteiger charge is -2.43. The predicted octanol–water partition coefficient (Wildman–Crippen LogP) is 4.23. The molecular formula is C25H29N3O2S. The number of hydrogen-bond acceptors (Lipinski definition) is 5. The first-order valence-electron chi connectivity index (χ1n) is 11.0. The number of nitrogens with zero attached hydrogens (tertiary/aromatic N) is 2. The zero-order chi connectivity index (χ0) is 21.5. The van der Waals surface area contributed by atoms with Gasteiger partial charge in [-0.1, -0.05) is 37.1 Å². The van der Waals surface area contributed by atoms with Gasteiger partial charge in [0.05, 0.1) is 11.6 Å². The molecule has 4 rings (SSSR count). The van der Waals surface area contributed by atoms with Gasteiger partial charge < -0.3 is 10.1 Å². The van der Waals surface area contributed by atoms with E-state index in [0.717, 1.165) is 18.7 Å². The summed E-state index contributed by atoms with van der Waals surface area (Å²) < 4.78 is 5.88. The fourth-order valence-corrected chi connectivity index (χ4v) is 5.57. The number of thioether (sulfide) groups is 1. The fraction of sp³-hybridized carbons (Fsp3) is 0.440. The van der Waals surface area contributed by atoms with Gasteiger partial charge in [0.25, 0.3) is 5.91 Å². The first kappa shape index (κ1) is 21.7. The van der Waals surface area contributed by atoms with Crippen LogP contribution in [-0.4, -0.2) is 47.5 Å². The summed E-state index contributed by atoms with van der Waals surface area (Å²) in [6, 6.07) is 16.9. The largest absolute Gasteiger partial charge is 0.489 e. The van der Waals surface area contributed by atoms with Crippen LogP contribution in [0.1, 0.15) is 47.2 Å². The van der Waals surface area contributed by atoms with Gasteiger partial charge in [0.2, 0.25) is 0 Å². The number of ether oxygens (including phenoxy) is 1. The van der Waals surface area contributed by atoms with Crippen molar-refractivity contribution in [1.29, 1.82) is 5.26 Å². The molecule has 2 fully saturated rings. The molecule has 0 radical (unpaired) electrons. The maximum Gasteiger partial charge on any atom is 0.251 e. The summed E-state index contributed by atoms with van der Waals surface area (Å²) in [4.78, 5) is 15.5. The molecule has 2 aliphatic rings. The summed E-state index contributed by atoms with van der Waals surface area (Å²) in [5.74, 6) is 2.94. The molecule has 1 heterocycles. The molecule has 0 aromatic heterocycles. The van der Waals surface area contributed by atoms with Gasteiger partial charge in [-0.15, -0.1) is 0 Å². The average Bonchev–Trinajstić information content (AvgIpc) is 3.32. The van der Waals surface area contributed by atoms with Crippen molar-refractivity contribution in [1.82, 2.24) is 10.2 Å². The topological polar surface area (TPSA) is 65.4 Å². The summed E-state index contributed by atoms with van der Waals surface area (Å²) >= 11 is 2.02. The molecule has 0 atom stereocenters. The third kappa shape index (κ3) is 5.23. The van der Waals surface area contributed by atoms with E-state index in [0.29, 0.717) is 30.0 Å². The molecular weight excluding hydrogens is 406 g/mol. The Morgan fingerprint density at radius 3 is 2.68 bits per heavy atom. The van der Waals surface area contributed by atoms with Gasteiger partial charge in [0, 0.05) is 47.8 Å². The van der Waals surface area contributed by atoms with Crippen molar-refractivity contribution in [2.24, 2.45) is 0 Å².